The SMILES string of the molecule is CCNc1nccc(NCCC(=O)N2CCOCC2)n1. The van der Waals surface area contributed by atoms with Gasteiger partial charge in [-0.25, -0.2) is 4.98 Å². The highest BCUT2D eigenvalue weighted by atomic mass is 16.5. The molecule has 110 valence electrons. The normalized spacial score (nSPS) is 14.9. The predicted molar refractivity (Wildman–Crippen MR) is 76.7 cm³/mol. The van der Waals surface area contributed by atoms with Crippen LogP contribution in [0.5, 0.6) is 0 Å². The molecule has 0 unspecified atom stereocenters. The second kappa shape index (κ2) is 7.64. The molecular weight excluding hydrogens is 258 g/mol. The van der Waals surface area contributed by atoms with Crippen molar-refractivity contribution in [1.29, 1.82) is 0 Å². The van der Waals surface area contributed by atoms with Crippen molar-refractivity contribution in [2.45, 2.75) is 13.3 Å². The highest BCUT2D eigenvalue weighted by Gasteiger charge is 2.15. The Labute approximate surface area is 118 Å². The molecule has 0 aromatic carbocycles. The summed E-state index contributed by atoms with van der Waals surface area (Å²) in [5.41, 5.74) is 0. The Morgan fingerprint density at radius 3 is 2.95 bits per heavy atom. The topological polar surface area (TPSA) is 79.4 Å². The zero-order valence-corrected chi connectivity index (χ0v) is 11.8. The van der Waals surface area contributed by atoms with Gasteiger partial charge in [-0.3, -0.25) is 4.79 Å². The van der Waals surface area contributed by atoms with Gasteiger partial charge in [-0.05, 0) is 13.0 Å². The van der Waals surface area contributed by atoms with E-state index in [0.29, 0.717) is 45.2 Å². The van der Waals surface area contributed by atoms with Gasteiger partial charge in [0.15, 0.2) is 0 Å². The number of carbonyl (C=O) groups excluding carboxylic acids is 1. The van der Waals surface area contributed by atoms with Gasteiger partial charge in [0.25, 0.3) is 0 Å². The van der Waals surface area contributed by atoms with Crippen LogP contribution in [0.15, 0.2) is 12.3 Å². The fraction of sp³-hybridized carbons (Fsp3) is 0.615. The van der Waals surface area contributed by atoms with Crippen molar-refractivity contribution in [3.8, 4) is 0 Å². The number of hydrogen-bond donors (Lipinski definition) is 2. The van der Waals surface area contributed by atoms with Gasteiger partial charge in [0, 0.05) is 38.8 Å². The predicted octanol–water partition coefficient (Wildman–Crippen LogP) is 0.569. The molecule has 2 rings (SSSR count). The van der Waals surface area contributed by atoms with Crippen molar-refractivity contribution in [2.75, 3.05) is 50.0 Å². The molecule has 0 bridgehead atoms. The van der Waals surface area contributed by atoms with Crippen LogP contribution in [0.1, 0.15) is 13.3 Å². The van der Waals surface area contributed by atoms with Crippen LogP contribution in [0, 0.1) is 0 Å². The second-order valence-electron chi connectivity index (χ2n) is 4.47. The van der Waals surface area contributed by atoms with E-state index >= 15 is 0 Å². The van der Waals surface area contributed by atoms with E-state index in [0.717, 1.165) is 12.4 Å². The Kier molecular flexibility index (Phi) is 5.55. The molecule has 1 aliphatic rings. The largest absolute Gasteiger partial charge is 0.378 e. The van der Waals surface area contributed by atoms with Crippen molar-refractivity contribution in [1.82, 2.24) is 14.9 Å². The number of hydrogen-bond acceptors (Lipinski definition) is 6. The summed E-state index contributed by atoms with van der Waals surface area (Å²) in [5, 5.41) is 6.19. The van der Waals surface area contributed by atoms with E-state index in [1.165, 1.54) is 0 Å². The number of rotatable bonds is 6. The summed E-state index contributed by atoms with van der Waals surface area (Å²) < 4.78 is 5.23. The Bertz CT molecular complexity index is 435. The lowest BCUT2D eigenvalue weighted by atomic mass is 10.3. The molecule has 20 heavy (non-hydrogen) atoms. The summed E-state index contributed by atoms with van der Waals surface area (Å²) in [6.07, 6.45) is 2.15. The zero-order valence-electron chi connectivity index (χ0n) is 11.8. The average Bonchev–Trinajstić information content (AvgIpc) is 2.49. The van der Waals surface area contributed by atoms with Crippen LogP contribution in [0.25, 0.3) is 0 Å². The van der Waals surface area contributed by atoms with Gasteiger partial charge in [0.1, 0.15) is 5.82 Å². The molecule has 2 heterocycles. The summed E-state index contributed by atoms with van der Waals surface area (Å²) >= 11 is 0. The molecular formula is C13H21N5O2. The lowest BCUT2D eigenvalue weighted by molar-refractivity contribution is -0.134. The summed E-state index contributed by atoms with van der Waals surface area (Å²) in [6.45, 7) is 5.99. The first-order chi connectivity index (χ1) is 9.79. The molecule has 1 aromatic rings. The van der Waals surface area contributed by atoms with Crippen LogP contribution in [-0.2, 0) is 9.53 Å². The summed E-state index contributed by atoms with van der Waals surface area (Å²) in [4.78, 5) is 22.2. The molecule has 0 saturated carbocycles. The third-order valence-corrected chi connectivity index (χ3v) is 3.00. The van der Waals surface area contributed by atoms with Crippen LogP contribution in [0.4, 0.5) is 11.8 Å². The summed E-state index contributed by atoms with van der Waals surface area (Å²) in [6, 6.07) is 1.79. The maximum Gasteiger partial charge on any atom is 0.224 e. The third-order valence-electron chi connectivity index (χ3n) is 3.00. The van der Waals surface area contributed by atoms with Crippen LogP contribution in [0.2, 0.25) is 0 Å². The number of aromatic nitrogens is 2. The van der Waals surface area contributed by atoms with Crippen LogP contribution < -0.4 is 10.6 Å². The lowest BCUT2D eigenvalue weighted by Crippen LogP contribution is -2.41. The Morgan fingerprint density at radius 2 is 2.20 bits per heavy atom. The maximum atomic E-state index is 11.9. The first-order valence-electron chi connectivity index (χ1n) is 6.96. The van der Waals surface area contributed by atoms with Crippen LogP contribution in [-0.4, -0.2) is 60.2 Å². The molecule has 0 aliphatic carbocycles. The van der Waals surface area contributed by atoms with E-state index < -0.39 is 0 Å². The van der Waals surface area contributed by atoms with Gasteiger partial charge >= 0.3 is 0 Å². The van der Waals surface area contributed by atoms with E-state index in [1.807, 2.05) is 11.8 Å². The average molecular weight is 279 g/mol. The number of ether oxygens (including phenoxy) is 1. The van der Waals surface area contributed by atoms with Crippen molar-refractivity contribution in [3.05, 3.63) is 12.3 Å². The van der Waals surface area contributed by atoms with Crippen molar-refractivity contribution < 1.29 is 9.53 Å². The molecule has 1 fully saturated rings. The summed E-state index contributed by atoms with van der Waals surface area (Å²) in [5.74, 6) is 1.48. The van der Waals surface area contributed by atoms with Crippen LogP contribution in [0.3, 0.4) is 0 Å². The molecule has 0 spiro atoms. The molecule has 1 saturated heterocycles. The Hall–Kier alpha value is -1.89. The van der Waals surface area contributed by atoms with Gasteiger partial charge in [0.2, 0.25) is 11.9 Å². The number of morpholine rings is 1. The van der Waals surface area contributed by atoms with Crippen LogP contribution >= 0.6 is 0 Å². The quantitative estimate of drug-likeness (QED) is 0.792. The molecule has 0 radical (unpaired) electrons. The van der Waals surface area contributed by atoms with Gasteiger partial charge in [0.05, 0.1) is 13.2 Å². The number of amides is 1. The molecule has 2 N–H and O–H groups in total. The maximum absolute atomic E-state index is 11.9. The third kappa shape index (κ3) is 4.34. The molecule has 0 atom stereocenters. The number of carbonyl (C=O) groups is 1. The van der Waals surface area contributed by atoms with Crippen molar-refractivity contribution in [3.63, 3.8) is 0 Å². The molecule has 1 aliphatic heterocycles. The standard InChI is InChI=1S/C13H21N5O2/c1-2-14-13-16-5-3-11(17-13)15-6-4-12(19)18-7-9-20-10-8-18/h3,5H,2,4,6-10H2,1H3,(H2,14,15,16,17). The molecule has 1 aromatic heterocycles. The monoisotopic (exact) mass is 279 g/mol. The first kappa shape index (κ1) is 14.5. The van der Waals surface area contributed by atoms with Crippen molar-refractivity contribution in [2.24, 2.45) is 0 Å². The number of anilines is 2. The Balaban J connectivity index is 1.74. The Morgan fingerprint density at radius 1 is 1.40 bits per heavy atom. The minimum absolute atomic E-state index is 0.154. The van der Waals surface area contributed by atoms with E-state index in [1.54, 1.807) is 12.3 Å². The molecule has 1 amide bonds. The minimum Gasteiger partial charge on any atom is -0.378 e. The van der Waals surface area contributed by atoms with E-state index in [-0.39, 0.29) is 5.91 Å². The van der Waals surface area contributed by atoms with Gasteiger partial charge in [-0.2, -0.15) is 4.98 Å². The van der Waals surface area contributed by atoms with E-state index in [9.17, 15) is 4.79 Å². The van der Waals surface area contributed by atoms with Gasteiger partial charge < -0.3 is 20.3 Å². The molecule has 7 heteroatoms. The van der Waals surface area contributed by atoms with Crippen molar-refractivity contribution >= 4 is 17.7 Å². The van der Waals surface area contributed by atoms with Gasteiger partial charge in [-0.1, -0.05) is 0 Å². The number of nitrogens with one attached hydrogen (secondary N) is 2. The highest BCUT2D eigenvalue weighted by Crippen LogP contribution is 2.06. The lowest BCUT2D eigenvalue weighted by Gasteiger charge is -2.26. The zero-order chi connectivity index (χ0) is 14.2. The first-order valence-corrected chi connectivity index (χ1v) is 6.96. The smallest absolute Gasteiger partial charge is 0.224 e. The summed E-state index contributed by atoms with van der Waals surface area (Å²) in [7, 11) is 0. The van der Waals surface area contributed by atoms with E-state index in [4.69, 9.17) is 4.74 Å². The highest BCUT2D eigenvalue weighted by molar-refractivity contribution is 5.76. The fourth-order valence-electron chi connectivity index (χ4n) is 1.97. The second-order valence-corrected chi connectivity index (χ2v) is 4.47. The fourth-order valence-corrected chi connectivity index (χ4v) is 1.97. The van der Waals surface area contributed by atoms with Gasteiger partial charge in [-0.15, -0.1) is 0 Å². The van der Waals surface area contributed by atoms with E-state index in [2.05, 4.69) is 20.6 Å². The number of nitrogens with zero attached hydrogens (tertiary/aromatic N) is 3. The molecule has 7 nitrogen and oxygen atoms in total. The minimum atomic E-state index is 0.154.